The molecule has 1 saturated heterocycles. The molecule has 2 heterocycles. The first-order chi connectivity index (χ1) is 6.86. The van der Waals surface area contributed by atoms with Gasteiger partial charge in [0.2, 0.25) is 0 Å². The molecule has 76 valence electrons. The molecular weight excluding hydrogens is 176 g/mol. The molecule has 0 saturated carbocycles. The van der Waals surface area contributed by atoms with Crippen molar-refractivity contribution in [2.45, 2.75) is 19.4 Å². The van der Waals surface area contributed by atoms with Gasteiger partial charge in [-0.1, -0.05) is 0 Å². The van der Waals surface area contributed by atoms with Gasteiger partial charge in [-0.25, -0.2) is 0 Å². The van der Waals surface area contributed by atoms with Gasteiger partial charge in [0.15, 0.2) is 0 Å². The average Bonchev–Trinajstić information content (AvgIpc) is 2.63. The summed E-state index contributed by atoms with van der Waals surface area (Å²) in [7, 11) is 0. The first kappa shape index (κ1) is 9.46. The third-order valence-electron chi connectivity index (χ3n) is 2.78. The molecule has 2 atom stereocenters. The van der Waals surface area contributed by atoms with Gasteiger partial charge in [-0.05, 0) is 25.5 Å². The Morgan fingerprint density at radius 1 is 1.50 bits per heavy atom. The van der Waals surface area contributed by atoms with E-state index in [1.54, 1.807) is 12.4 Å². The normalized spacial score (nSPS) is 26.4. The lowest BCUT2D eigenvalue weighted by Crippen LogP contribution is -2.20. The monoisotopic (exact) mass is 192 g/mol. The SMILES string of the molecule is CC1OCCC1CNc1ccncc1. The molecule has 1 aliphatic rings. The Labute approximate surface area is 84.5 Å². The van der Waals surface area contributed by atoms with Crippen LogP contribution in [0.1, 0.15) is 13.3 Å². The highest BCUT2D eigenvalue weighted by atomic mass is 16.5. The fraction of sp³-hybridized carbons (Fsp3) is 0.545. The molecule has 0 amide bonds. The second-order valence-electron chi connectivity index (χ2n) is 3.74. The molecule has 1 aliphatic heterocycles. The molecule has 2 unspecified atom stereocenters. The van der Waals surface area contributed by atoms with Crippen molar-refractivity contribution < 1.29 is 4.74 Å². The standard InChI is InChI=1S/C11H16N2O/c1-9-10(4-7-14-9)8-13-11-2-5-12-6-3-11/h2-3,5-6,9-10H,4,7-8H2,1H3,(H,12,13). The minimum absolute atomic E-state index is 0.393. The molecule has 0 radical (unpaired) electrons. The van der Waals surface area contributed by atoms with E-state index in [4.69, 9.17) is 4.74 Å². The molecule has 1 aromatic rings. The fourth-order valence-electron chi connectivity index (χ4n) is 1.76. The van der Waals surface area contributed by atoms with Gasteiger partial charge in [-0.3, -0.25) is 4.98 Å². The fourth-order valence-corrected chi connectivity index (χ4v) is 1.76. The maximum atomic E-state index is 5.50. The minimum Gasteiger partial charge on any atom is -0.385 e. The third-order valence-corrected chi connectivity index (χ3v) is 2.78. The molecule has 0 spiro atoms. The van der Waals surface area contributed by atoms with Gasteiger partial charge < -0.3 is 10.1 Å². The van der Waals surface area contributed by atoms with E-state index in [1.807, 2.05) is 12.1 Å². The zero-order chi connectivity index (χ0) is 9.80. The van der Waals surface area contributed by atoms with Gasteiger partial charge >= 0.3 is 0 Å². The number of nitrogens with one attached hydrogen (secondary N) is 1. The summed E-state index contributed by atoms with van der Waals surface area (Å²) in [6.45, 7) is 4.04. The first-order valence-corrected chi connectivity index (χ1v) is 5.12. The third kappa shape index (κ3) is 2.23. The topological polar surface area (TPSA) is 34.1 Å². The average molecular weight is 192 g/mol. The van der Waals surface area contributed by atoms with Crippen LogP contribution in [0.25, 0.3) is 0 Å². The van der Waals surface area contributed by atoms with Gasteiger partial charge in [-0.15, -0.1) is 0 Å². The van der Waals surface area contributed by atoms with E-state index in [9.17, 15) is 0 Å². The van der Waals surface area contributed by atoms with Crippen LogP contribution in [-0.4, -0.2) is 24.2 Å². The second kappa shape index (κ2) is 4.42. The summed E-state index contributed by atoms with van der Waals surface area (Å²) < 4.78 is 5.50. The van der Waals surface area contributed by atoms with Crippen LogP contribution < -0.4 is 5.32 Å². The van der Waals surface area contributed by atoms with Gasteiger partial charge in [0.1, 0.15) is 0 Å². The van der Waals surface area contributed by atoms with Crippen LogP contribution >= 0.6 is 0 Å². The van der Waals surface area contributed by atoms with E-state index in [0.29, 0.717) is 12.0 Å². The van der Waals surface area contributed by atoms with Crippen molar-refractivity contribution >= 4 is 5.69 Å². The minimum atomic E-state index is 0.393. The van der Waals surface area contributed by atoms with E-state index in [0.717, 1.165) is 18.8 Å². The molecule has 2 rings (SSSR count). The summed E-state index contributed by atoms with van der Waals surface area (Å²) in [4.78, 5) is 3.98. The number of aromatic nitrogens is 1. The number of anilines is 1. The highest BCUT2D eigenvalue weighted by molar-refractivity contribution is 5.40. The van der Waals surface area contributed by atoms with Gasteiger partial charge in [-0.2, -0.15) is 0 Å². The van der Waals surface area contributed by atoms with Gasteiger partial charge in [0.05, 0.1) is 6.10 Å². The van der Waals surface area contributed by atoms with Gasteiger partial charge in [0, 0.05) is 37.2 Å². The molecular formula is C11H16N2O. The van der Waals surface area contributed by atoms with Crippen molar-refractivity contribution in [1.29, 1.82) is 0 Å². The molecule has 1 aromatic heterocycles. The van der Waals surface area contributed by atoms with Crippen LogP contribution in [0.5, 0.6) is 0 Å². The van der Waals surface area contributed by atoms with Crippen LogP contribution in [0, 0.1) is 5.92 Å². The molecule has 14 heavy (non-hydrogen) atoms. The molecule has 0 bridgehead atoms. The number of hydrogen-bond donors (Lipinski definition) is 1. The molecule has 0 aliphatic carbocycles. The van der Waals surface area contributed by atoms with E-state index < -0.39 is 0 Å². The van der Waals surface area contributed by atoms with E-state index in [1.165, 1.54) is 6.42 Å². The summed E-state index contributed by atoms with van der Waals surface area (Å²) in [5, 5.41) is 3.40. The van der Waals surface area contributed by atoms with Crippen molar-refractivity contribution in [3.05, 3.63) is 24.5 Å². The summed E-state index contributed by atoms with van der Waals surface area (Å²) in [5.41, 5.74) is 1.14. The first-order valence-electron chi connectivity index (χ1n) is 5.12. The number of rotatable bonds is 3. The number of pyridine rings is 1. The van der Waals surface area contributed by atoms with Crippen molar-refractivity contribution in [3.63, 3.8) is 0 Å². The predicted molar refractivity (Wildman–Crippen MR) is 56.2 cm³/mol. The Balaban J connectivity index is 1.82. The smallest absolute Gasteiger partial charge is 0.0592 e. The Morgan fingerprint density at radius 2 is 2.29 bits per heavy atom. The number of hydrogen-bond acceptors (Lipinski definition) is 3. The van der Waals surface area contributed by atoms with E-state index in [2.05, 4.69) is 17.2 Å². The lowest BCUT2D eigenvalue weighted by atomic mass is 10.0. The van der Waals surface area contributed by atoms with Crippen molar-refractivity contribution in [2.24, 2.45) is 5.92 Å². The molecule has 0 aromatic carbocycles. The molecule has 3 nitrogen and oxygen atoms in total. The van der Waals surface area contributed by atoms with E-state index >= 15 is 0 Å². The van der Waals surface area contributed by atoms with E-state index in [-0.39, 0.29) is 0 Å². The predicted octanol–water partition coefficient (Wildman–Crippen LogP) is 1.92. The number of ether oxygens (including phenoxy) is 1. The summed E-state index contributed by atoms with van der Waals surface area (Å²) >= 11 is 0. The van der Waals surface area contributed by atoms with Crippen LogP contribution in [0.3, 0.4) is 0 Å². The summed E-state index contributed by atoms with van der Waals surface area (Å²) in [5.74, 6) is 0.642. The lowest BCUT2D eigenvalue weighted by molar-refractivity contribution is 0.108. The summed E-state index contributed by atoms with van der Waals surface area (Å²) in [6.07, 6.45) is 5.16. The van der Waals surface area contributed by atoms with Crippen LogP contribution in [0.4, 0.5) is 5.69 Å². The van der Waals surface area contributed by atoms with Gasteiger partial charge in [0.25, 0.3) is 0 Å². The Hall–Kier alpha value is -1.09. The molecule has 1 N–H and O–H groups in total. The summed E-state index contributed by atoms with van der Waals surface area (Å²) in [6, 6.07) is 3.97. The van der Waals surface area contributed by atoms with Crippen molar-refractivity contribution in [1.82, 2.24) is 4.98 Å². The number of nitrogens with zero attached hydrogens (tertiary/aromatic N) is 1. The maximum Gasteiger partial charge on any atom is 0.0592 e. The quantitative estimate of drug-likeness (QED) is 0.794. The second-order valence-corrected chi connectivity index (χ2v) is 3.74. The van der Waals surface area contributed by atoms with Crippen LogP contribution in [-0.2, 0) is 4.74 Å². The maximum absolute atomic E-state index is 5.50. The largest absolute Gasteiger partial charge is 0.385 e. The Kier molecular flexibility index (Phi) is 2.99. The highest BCUT2D eigenvalue weighted by Gasteiger charge is 2.23. The zero-order valence-electron chi connectivity index (χ0n) is 8.44. The van der Waals surface area contributed by atoms with Crippen molar-refractivity contribution in [2.75, 3.05) is 18.5 Å². The lowest BCUT2D eigenvalue weighted by Gasteiger charge is -2.15. The van der Waals surface area contributed by atoms with Crippen LogP contribution in [0.15, 0.2) is 24.5 Å². The Bertz CT molecular complexity index is 276. The van der Waals surface area contributed by atoms with Crippen LogP contribution in [0.2, 0.25) is 0 Å². The highest BCUT2D eigenvalue weighted by Crippen LogP contribution is 2.20. The Morgan fingerprint density at radius 3 is 2.93 bits per heavy atom. The molecule has 1 fully saturated rings. The zero-order valence-corrected chi connectivity index (χ0v) is 8.44. The molecule has 3 heteroatoms. The van der Waals surface area contributed by atoms with Crippen molar-refractivity contribution in [3.8, 4) is 0 Å².